The van der Waals surface area contributed by atoms with Crippen molar-refractivity contribution in [1.82, 2.24) is 10.9 Å². The molecule has 2 N–H and O–H groups in total. The first kappa shape index (κ1) is 8.53. The largest absolute Gasteiger partial charge is 0.291 e. The molecule has 64 valence electrons. The zero-order valence-electron chi connectivity index (χ0n) is 7.40. The van der Waals surface area contributed by atoms with Crippen LogP contribution in [-0.4, -0.2) is 13.0 Å². The molecular formula is C8H16N2O. The van der Waals surface area contributed by atoms with Crippen LogP contribution in [0.3, 0.4) is 0 Å². The van der Waals surface area contributed by atoms with Crippen molar-refractivity contribution in [1.29, 1.82) is 0 Å². The number of hydrazine groups is 1. The van der Waals surface area contributed by atoms with Gasteiger partial charge in [-0.3, -0.25) is 10.2 Å². The van der Waals surface area contributed by atoms with E-state index in [4.69, 9.17) is 0 Å². The second-order valence-electron chi connectivity index (χ2n) is 3.51. The molecule has 0 aromatic rings. The third-order valence-electron chi connectivity index (χ3n) is 2.58. The maximum Gasteiger partial charge on any atom is 0.240 e. The molecule has 1 rings (SSSR count). The maximum atomic E-state index is 11.4. The van der Waals surface area contributed by atoms with Crippen LogP contribution in [0.25, 0.3) is 0 Å². The molecule has 0 aliphatic heterocycles. The normalized spacial score (nSPS) is 20.0. The maximum absolute atomic E-state index is 11.4. The topological polar surface area (TPSA) is 41.1 Å². The number of carbonyl (C=O) groups excluding carboxylic acids is 1. The lowest BCUT2D eigenvalue weighted by molar-refractivity contribution is -0.128. The van der Waals surface area contributed by atoms with Crippen LogP contribution in [0.4, 0.5) is 0 Å². The first-order valence-corrected chi connectivity index (χ1v) is 4.10. The summed E-state index contributed by atoms with van der Waals surface area (Å²) in [7, 11) is 1.72. The molecule has 0 aromatic heterocycles. The molecule has 0 atom stereocenters. The quantitative estimate of drug-likeness (QED) is 0.590. The van der Waals surface area contributed by atoms with Crippen LogP contribution in [0, 0.1) is 11.3 Å². The highest BCUT2D eigenvalue weighted by Crippen LogP contribution is 2.51. The Hall–Kier alpha value is -0.570. The van der Waals surface area contributed by atoms with E-state index < -0.39 is 0 Å². The third-order valence-corrected chi connectivity index (χ3v) is 2.58. The monoisotopic (exact) mass is 156 g/mol. The Labute approximate surface area is 67.5 Å². The molecule has 3 heteroatoms. The second kappa shape index (κ2) is 2.81. The summed E-state index contributed by atoms with van der Waals surface area (Å²) in [4.78, 5) is 11.4. The summed E-state index contributed by atoms with van der Waals surface area (Å²) in [5, 5.41) is 0. The lowest BCUT2D eigenvalue weighted by Crippen LogP contribution is -2.41. The predicted octanol–water partition coefficient (Wildman–Crippen LogP) is 0.673. The third kappa shape index (κ3) is 1.38. The van der Waals surface area contributed by atoms with E-state index in [-0.39, 0.29) is 11.3 Å². The Morgan fingerprint density at radius 2 is 2.00 bits per heavy atom. The first-order valence-electron chi connectivity index (χ1n) is 4.10. The highest BCUT2D eigenvalue weighted by molar-refractivity contribution is 5.85. The van der Waals surface area contributed by atoms with Gasteiger partial charge in [-0.2, -0.15) is 0 Å². The molecule has 1 saturated carbocycles. The fourth-order valence-corrected chi connectivity index (χ4v) is 1.44. The molecule has 0 saturated heterocycles. The molecule has 3 nitrogen and oxygen atoms in total. The van der Waals surface area contributed by atoms with Crippen LogP contribution in [-0.2, 0) is 4.79 Å². The van der Waals surface area contributed by atoms with E-state index in [1.165, 1.54) is 0 Å². The van der Waals surface area contributed by atoms with Crippen molar-refractivity contribution in [2.45, 2.75) is 26.7 Å². The molecule has 0 unspecified atom stereocenters. The van der Waals surface area contributed by atoms with E-state index in [9.17, 15) is 4.79 Å². The van der Waals surface area contributed by atoms with E-state index >= 15 is 0 Å². The average molecular weight is 156 g/mol. The van der Waals surface area contributed by atoms with Crippen molar-refractivity contribution in [2.75, 3.05) is 7.05 Å². The summed E-state index contributed by atoms with van der Waals surface area (Å²) in [5.41, 5.74) is 5.26. The summed E-state index contributed by atoms with van der Waals surface area (Å²) >= 11 is 0. The highest BCUT2D eigenvalue weighted by Gasteiger charge is 2.51. The van der Waals surface area contributed by atoms with E-state index in [0.717, 1.165) is 12.8 Å². The predicted molar refractivity (Wildman–Crippen MR) is 43.7 cm³/mol. The number of nitrogens with one attached hydrogen (secondary N) is 2. The van der Waals surface area contributed by atoms with Crippen LogP contribution in [0.15, 0.2) is 0 Å². The molecule has 1 aliphatic carbocycles. The van der Waals surface area contributed by atoms with Gasteiger partial charge < -0.3 is 0 Å². The molecule has 0 heterocycles. The molecular weight excluding hydrogens is 140 g/mol. The second-order valence-corrected chi connectivity index (χ2v) is 3.51. The molecule has 0 bridgehead atoms. The Kier molecular flexibility index (Phi) is 2.18. The van der Waals surface area contributed by atoms with Crippen LogP contribution in [0.2, 0.25) is 0 Å². The van der Waals surface area contributed by atoms with Crippen molar-refractivity contribution in [3.05, 3.63) is 0 Å². The highest BCUT2D eigenvalue weighted by atomic mass is 16.2. The first-order chi connectivity index (χ1) is 5.13. The zero-order valence-corrected chi connectivity index (χ0v) is 7.40. The smallest absolute Gasteiger partial charge is 0.240 e. The van der Waals surface area contributed by atoms with Gasteiger partial charge in [0, 0.05) is 7.05 Å². The van der Waals surface area contributed by atoms with Crippen molar-refractivity contribution in [3.8, 4) is 0 Å². The van der Waals surface area contributed by atoms with Crippen LogP contribution < -0.4 is 10.9 Å². The van der Waals surface area contributed by atoms with Gasteiger partial charge in [-0.1, -0.05) is 13.8 Å². The van der Waals surface area contributed by atoms with Gasteiger partial charge in [0.15, 0.2) is 0 Å². The minimum absolute atomic E-state index is 0.0526. The lowest BCUT2D eigenvalue weighted by Gasteiger charge is -2.17. The van der Waals surface area contributed by atoms with Gasteiger partial charge in [0.25, 0.3) is 0 Å². The van der Waals surface area contributed by atoms with E-state index in [0.29, 0.717) is 5.92 Å². The van der Waals surface area contributed by atoms with Gasteiger partial charge in [-0.25, -0.2) is 5.43 Å². The van der Waals surface area contributed by atoms with E-state index in [1.54, 1.807) is 7.05 Å². The Morgan fingerprint density at radius 1 is 1.45 bits per heavy atom. The summed E-state index contributed by atoms with van der Waals surface area (Å²) < 4.78 is 0. The average Bonchev–Trinajstić information content (AvgIpc) is 2.66. The van der Waals surface area contributed by atoms with E-state index in [2.05, 4.69) is 24.7 Å². The Balaban J connectivity index is 2.51. The van der Waals surface area contributed by atoms with Crippen LogP contribution in [0.5, 0.6) is 0 Å². The molecule has 0 spiro atoms. The minimum Gasteiger partial charge on any atom is -0.291 e. The van der Waals surface area contributed by atoms with Crippen molar-refractivity contribution in [3.63, 3.8) is 0 Å². The molecule has 1 fully saturated rings. The summed E-state index contributed by atoms with van der Waals surface area (Å²) in [6.45, 7) is 4.20. The fraction of sp³-hybridized carbons (Fsp3) is 0.875. The van der Waals surface area contributed by atoms with Crippen molar-refractivity contribution < 1.29 is 4.79 Å². The van der Waals surface area contributed by atoms with Gasteiger partial charge in [-0.15, -0.1) is 0 Å². The van der Waals surface area contributed by atoms with Gasteiger partial charge in [0.1, 0.15) is 0 Å². The summed E-state index contributed by atoms with van der Waals surface area (Å²) in [6, 6.07) is 0. The Morgan fingerprint density at radius 3 is 2.27 bits per heavy atom. The zero-order chi connectivity index (χ0) is 8.48. The SMILES string of the molecule is CNNC(=O)C1(C(C)C)CC1. The number of amides is 1. The van der Waals surface area contributed by atoms with Crippen molar-refractivity contribution >= 4 is 5.91 Å². The van der Waals surface area contributed by atoms with Gasteiger partial charge in [-0.05, 0) is 18.8 Å². The number of hydrogen-bond donors (Lipinski definition) is 2. The lowest BCUT2D eigenvalue weighted by atomic mass is 9.92. The molecule has 0 aromatic carbocycles. The van der Waals surface area contributed by atoms with Crippen LogP contribution in [0.1, 0.15) is 26.7 Å². The number of rotatable bonds is 3. The van der Waals surface area contributed by atoms with Crippen molar-refractivity contribution in [2.24, 2.45) is 11.3 Å². The number of carbonyl (C=O) groups is 1. The Bertz CT molecular complexity index is 161. The van der Waals surface area contributed by atoms with Gasteiger partial charge >= 0.3 is 0 Å². The van der Waals surface area contributed by atoms with Gasteiger partial charge in [0.05, 0.1) is 5.41 Å². The molecule has 11 heavy (non-hydrogen) atoms. The summed E-state index contributed by atoms with van der Waals surface area (Å²) in [6.07, 6.45) is 2.08. The van der Waals surface area contributed by atoms with E-state index in [1.807, 2.05) is 0 Å². The molecule has 1 aliphatic rings. The molecule has 0 radical (unpaired) electrons. The minimum atomic E-state index is -0.0526. The summed E-state index contributed by atoms with van der Waals surface area (Å²) in [5.74, 6) is 0.603. The standard InChI is InChI=1S/C8H16N2O/c1-6(2)8(4-5-8)7(11)10-9-3/h6,9H,4-5H2,1-3H3,(H,10,11). The van der Waals surface area contributed by atoms with Crippen LogP contribution >= 0.6 is 0 Å². The van der Waals surface area contributed by atoms with Gasteiger partial charge in [0.2, 0.25) is 5.91 Å². The number of hydrogen-bond acceptors (Lipinski definition) is 2. The fourth-order valence-electron chi connectivity index (χ4n) is 1.44. The molecule has 1 amide bonds.